The average Bonchev–Trinajstić information content (AvgIpc) is 2.34. The van der Waals surface area contributed by atoms with Crippen LogP contribution in [0.2, 0.25) is 0 Å². The van der Waals surface area contributed by atoms with Crippen molar-refractivity contribution in [2.24, 2.45) is 0 Å². The third-order valence-electron chi connectivity index (χ3n) is 2.36. The molecular formula is C11H14F3NO3S. The van der Waals surface area contributed by atoms with Crippen molar-refractivity contribution in [2.75, 3.05) is 12.4 Å². The van der Waals surface area contributed by atoms with Crippen molar-refractivity contribution in [2.45, 2.75) is 18.6 Å². The van der Waals surface area contributed by atoms with E-state index in [0.717, 1.165) is 0 Å². The summed E-state index contributed by atoms with van der Waals surface area (Å²) in [6, 6.07) is 7.19. The van der Waals surface area contributed by atoms with Crippen molar-refractivity contribution in [3.05, 3.63) is 35.9 Å². The van der Waals surface area contributed by atoms with E-state index in [0.29, 0.717) is 5.56 Å². The highest BCUT2D eigenvalue weighted by molar-refractivity contribution is 7.89. The summed E-state index contributed by atoms with van der Waals surface area (Å²) in [4.78, 5) is 0. The zero-order valence-electron chi connectivity index (χ0n) is 9.89. The van der Waals surface area contributed by atoms with Crippen LogP contribution in [0.5, 0.6) is 0 Å². The van der Waals surface area contributed by atoms with Gasteiger partial charge in [0, 0.05) is 0 Å². The molecule has 0 aromatic heterocycles. The van der Waals surface area contributed by atoms with Crippen LogP contribution in [0, 0.1) is 0 Å². The smallest absolute Gasteiger partial charge is 0.390 e. The van der Waals surface area contributed by atoms with Gasteiger partial charge in [-0.15, -0.1) is 0 Å². The molecule has 1 aromatic rings. The van der Waals surface area contributed by atoms with Gasteiger partial charge in [0.05, 0.1) is 24.8 Å². The first-order valence-corrected chi connectivity index (χ1v) is 7.11. The summed E-state index contributed by atoms with van der Waals surface area (Å²) in [7, 11) is -4.10. The molecule has 108 valence electrons. The Bertz CT molecular complexity index is 488. The Morgan fingerprint density at radius 1 is 1.21 bits per heavy atom. The van der Waals surface area contributed by atoms with Crippen molar-refractivity contribution < 1.29 is 26.7 Å². The predicted molar refractivity (Wildman–Crippen MR) is 63.9 cm³/mol. The van der Waals surface area contributed by atoms with Crippen molar-refractivity contribution in [1.82, 2.24) is 4.72 Å². The number of aliphatic hydroxyl groups excluding tert-OH is 1. The van der Waals surface area contributed by atoms with Crippen LogP contribution in [0.1, 0.15) is 18.0 Å². The maximum Gasteiger partial charge on any atom is 0.390 e. The predicted octanol–water partition coefficient (Wildman–Crippen LogP) is 1.59. The first-order valence-electron chi connectivity index (χ1n) is 5.46. The molecule has 0 aliphatic rings. The Balaban J connectivity index is 2.70. The van der Waals surface area contributed by atoms with Crippen LogP contribution in [-0.2, 0) is 10.0 Å². The fourth-order valence-corrected chi connectivity index (χ4v) is 2.68. The van der Waals surface area contributed by atoms with Crippen LogP contribution in [0.15, 0.2) is 30.3 Å². The Labute approximate surface area is 109 Å². The minimum Gasteiger partial charge on any atom is -0.394 e. The first kappa shape index (κ1) is 15.9. The molecule has 8 heteroatoms. The number of hydrogen-bond donors (Lipinski definition) is 2. The highest BCUT2D eigenvalue weighted by Crippen LogP contribution is 2.21. The summed E-state index contributed by atoms with van der Waals surface area (Å²) in [5, 5.41) is 9.12. The molecule has 0 saturated heterocycles. The van der Waals surface area contributed by atoms with Crippen LogP contribution in [0.4, 0.5) is 13.2 Å². The second kappa shape index (κ2) is 6.36. The molecule has 0 bridgehead atoms. The van der Waals surface area contributed by atoms with Crippen LogP contribution in [0.25, 0.3) is 0 Å². The molecule has 1 rings (SSSR count). The molecular weight excluding hydrogens is 283 g/mol. The Hall–Kier alpha value is -1.12. The monoisotopic (exact) mass is 297 g/mol. The van der Waals surface area contributed by atoms with Crippen LogP contribution >= 0.6 is 0 Å². The van der Waals surface area contributed by atoms with Crippen LogP contribution in [0.3, 0.4) is 0 Å². The lowest BCUT2D eigenvalue weighted by atomic mass is 10.1. The van der Waals surface area contributed by atoms with Gasteiger partial charge in [0.15, 0.2) is 0 Å². The summed E-state index contributed by atoms with van der Waals surface area (Å²) >= 11 is 0. The fraction of sp³-hybridized carbons (Fsp3) is 0.455. The van der Waals surface area contributed by atoms with Crippen molar-refractivity contribution in [3.8, 4) is 0 Å². The first-order chi connectivity index (χ1) is 8.73. The second-order valence-electron chi connectivity index (χ2n) is 3.95. The SMILES string of the molecule is O=S(=O)(CCC(F)(F)F)NC(CO)c1ccccc1. The van der Waals surface area contributed by atoms with Gasteiger partial charge in [-0.25, -0.2) is 13.1 Å². The third-order valence-corrected chi connectivity index (χ3v) is 3.75. The number of nitrogens with one attached hydrogen (secondary N) is 1. The molecule has 1 aromatic carbocycles. The zero-order chi connectivity index (χ0) is 14.5. The number of alkyl halides is 3. The summed E-state index contributed by atoms with van der Waals surface area (Å²) < 4.78 is 61.0. The largest absolute Gasteiger partial charge is 0.394 e. The molecule has 0 aliphatic heterocycles. The van der Waals surface area contributed by atoms with E-state index in [2.05, 4.69) is 4.72 Å². The number of benzene rings is 1. The minimum absolute atomic E-state index is 0.487. The van der Waals surface area contributed by atoms with E-state index in [1.54, 1.807) is 30.3 Å². The van der Waals surface area contributed by atoms with Crippen LogP contribution < -0.4 is 4.72 Å². The minimum atomic E-state index is -4.53. The molecule has 2 N–H and O–H groups in total. The number of sulfonamides is 1. The number of rotatable bonds is 6. The quantitative estimate of drug-likeness (QED) is 0.838. The molecule has 0 spiro atoms. The Kier molecular flexibility index (Phi) is 5.33. The van der Waals surface area contributed by atoms with Crippen molar-refractivity contribution in [1.29, 1.82) is 0 Å². The Morgan fingerprint density at radius 2 is 1.79 bits per heavy atom. The van der Waals surface area contributed by atoms with Gasteiger partial charge >= 0.3 is 6.18 Å². The van der Waals surface area contributed by atoms with E-state index in [-0.39, 0.29) is 0 Å². The van der Waals surface area contributed by atoms with E-state index >= 15 is 0 Å². The average molecular weight is 297 g/mol. The van der Waals surface area contributed by atoms with Gasteiger partial charge in [-0.05, 0) is 5.56 Å². The fourth-order valence-electron chi connectivity index (χ4n) is 1.42. The Morgan fingerprint density at radius 3 is 2.26 bits per heavy atom. The third kappa shape index (κ3) is 6.04. The maximum absolute atomic E-state index is 12.0. The summed E-state index contributed by atoms with van der Waals surface area (Å²) in [6.07, 6.45) is -5.95. The highest BCUT2D eigenvalue weighted by atomic mass is 32.2. The zero-order valence-corrected chi connectivity index (χ0v) is 10.7. The maximum atomic E-state index is 12.0. The molecule has 1 atom stereocenters. The molecule has 0 saturated carbocycles. The van der Waals surface area contributed by atoms with Gasteiger partial charge in [-0.1, -0.05) is 30.3 Å². The lowest BCUT2D eigenvalue weighted by molar-refractivity contribution is -0.130. The molecule has 0 fully saturated rings. The summed E-state index contributed by atoms with van der Waals surface area (Å²) in [5.41, 5.74) is 0.487. The van der Waals surface area contributed by atoms with E-state index in [9.17, 15) is 21.6 Å². The lowest BCUT2D eigenvalue weighted by Crippen LogP contribution is -2.34. The van der Waals surface area contributed by atoms with E-state index in [4.69, 9.17) is 5.11 Å². The molecule has 0 heterocycles. The van der Waals surface area contributed by atoms with Gasteiger partial charge in [-0.3, -0.25) is 0 Å². The van der Waals surface area contributed by atoms with E-state index < -0.39 is 41.0 Å². The van der Waals surface area contributed by atoms with Crippen LogP contribution in [-0.4, -0.2) is 32.1 Å². The van der Waals surface area contributed by atoms with Gasteiger partial charge in [0.1, 0.15) is 0 Å². The molecule has 1 unspecified atom stereocenters. The highest BCUT2D eigenvalue weighted by Gasteiger charge is 2.30. The van der Waals surface area contributed by atoms with Gasteiger partial charge < -0.3 is 5.11 Å². The van der Waals surface area contributed by atoms with Gasteiger partial charge in [-0.2, -0.15) is 13.2 Å². The van der Waals surface area contributed by atoms with Gasteiger partial charge in [0.2, 0.25) is 10.0 Å². The number of hydrogen-bond acceptors (Lipinski definition) is 3. The lowest BCUT2D eigenvalue weighted by Gasteiger charge is -2.17. The molecule has 4 nitrogen and oxygen atoms in total. The number of aliphatic hydroxyl groups is 1. The topological polar surface area (TPSA) is 66.4 Å². The molecule has 19 heavy (non-hydrogen) atoms. The van der Waals surface area contributed by atoms with Gasteiger partial charge in [0.25, 0.3) is 0 Å². The molecule has 0 aliphatic carbocycles. The van der Waals surface area contributed by atoms with E-state index in [1.165, 1.54) is 0 Å². The normalized spacial score (nSPS) is 14.3. The van der Waals surface area contributed by atoms with Crippen molar-refractivity contribution >= 4 is 10.0 Å². The number of halogens is 3. The molecule has 0 radical (unpaired) electrons. The standard InChI is InChI=1S/C11H14F3NO3S/c12-11(13,14)6-7-19(17,18)15-10(8-16)9-4-2-1-3-5-9/h1-5,10,15-16H,6-8H2. The summed E-state index contributed by atoms with van der Waals surface area (Å²) in [6.45, 7) is -0.532. The summed E-state index contributed by atoms with van der Waals surface area (Å²) in [5.74, 6) is -1.06. The van der Waals surface area contributed by atoms with E-state index in [1.807, 2.05) is 0 Å². The van der Waals surface area contributed by atoms with Crippen molar-refractivity contribution in [3.63, 3.8) is 0 Å². The molecule has 0 amide bonds. The second-order valence-corrected chi connectivity index (χ2v) is 5.82.